The van der Waals surface area contributed by atoms with Crippen molar-refractivity contribution < 1.29 is 19.5 Å². The van der Waals surface area contributed by atoms with Gasteiger partial charge in [0.2, 0.25) is 11.8 Å². The molecule has 0 aromatic heterocycles. The summed E-state index contributed by atoms with van der Waals surface area (Å²) in [7, 11) is 3.87. The molecule has 2 atom stereocenters. The van der Waals surface area contributed by atoms with Crippen LogP contribution in [-0.4, -0.2) is 83.9 Å². The molecule has 21 heavy (non-hydrogen) atoms. The van der Waals surface area contributed by atoms with Crippen LogP contribution in [0.15, 0.2) is 0 Å². The molecule has 0 radical (unpaired) electrons. The normalized spacial score (nSPS) is 26.0. The minimum absolute atomic E-state index is 0.0127. The number of rotatable bonds is 5. The third kappa shape index (κ3) is 3.53. The summed E-state index contributed by atoms with van der Waals surface area (Å²) in [6.07, 6.45) is 1.43. The van der Waals surface area contributed by atoms with Crippen molar-refractivity contribution in [1.82, 2.24) is 14.7 Å². The number of likely N-dealkylation sites (tertiary alicyclic amines) is 2. The van der Waals surface area contributed by atoms with Crippen LogP contribution in [-0.2, 0) is 14.4 Å². The standard InChI is InChI=1S/C14H23N3O4/c1-15(2)6-7-16-9-10(8-12(16)18)13(19)17-5-3-4-11(17)14(20)21/h10-11H,3-9H2,1-2H3,(H,20,21)/t10?,11-/m1/s1. The first-order chi connectivity index (χ1) is 9.90. The van der Waals surface area contributed by atoms with E-state index in [1.54, 1.807) is 4.90 Å². The lowest BCUT2D eigenvalue weighted by atomic mass is 10.1. The third-order valence-electron chi connectivity index (χ3n) is 4.20. The van der Waals surface area contributed by atoms with Crippen LogP contribution in [0.3, 0.4) is 0 Å². The van der Waals surface area contributed by atoms with Crippen LogP contribution in [0.1, 0.15) is 19.3 Å². The molecule has 0 aromatic carbocycles. The van der Waals surface area contributed by atoms with Crippen molar-refractivity contribution in [1.29, 1.82) is 0 Å². The number of nitrogens with zero attached hydrogens (tertiary/aromatic N) is 3. The minimum atomic E-state index is -0.949. The number of carboxylic acids is 1. The number of hydrogen-bond acceptors (Lipinski definition) is 4. The predicted molar refractivity (Wildman–Crippen MR) is 75.6 cm³/mol. The van der Waals surface area contributed by atoms with E-state index in [9.17, 15) is 14.4 Å². The van der Waals surface area contributed by atoms with E-state index >= 15 is 0 Å². The Kier molecular flexibility index (Phi) is 4.82. The van der Waals surface area contributed by atoms with Gasteiger partial charge in [-0.05, 0) is 26.9 Å². The molecule has 1 unspecified atom stereocenters. The molecule has 0 bridgehead atoms. The number of carboxylic acid groups (broad SMARTS) is 1. The highest BCUT2D eigenvalue weighted by molar-refractivity contribution is 5.91. The maximum Gasteiger partial charge on any atom is 0.326 e. The van der Waals surface area contributed by atoms with E-state index in [2.05, 4.69) is 0 Å². The topological polar surface area (TPSA) is 81.2 Å². The minimum Gasteiger partial charge on any atom is -0.480 e. The maximum absolute atomic E-state index is 12.5. The second-order valence-corrected chi connectivity index (χ2v) is 6.07. The second kappa shape index (κ2) is 6.43. The summed E-state index contributed by atoms with van der Waals surface area (Å²) in [5.74, 6) is -1.53. The summed E-state index contributed by atoms with van der Waals surface area (Å²) in [6, 6.07) is -0.719. The Bertz CT molecular complexity index is 438. The van der Waals surface area contributed by atoms with Crippen LogP contribution in [0.4, 0.5) is 0 Å². The van der Waals surface area contributed by atoms with Gasteiger partial charge in [0.05, 0.1) is 5.92 Å². The Labute approximate surface area is 124 Å². The SMILES string of the molecule is CN(C)CCN1CC(C(=O)N2CCC[C@@H]2C(=O)O)CC1=O. The van der Waals surface area contributed by atoms with E-state index in [4.69, 9.17) is 5.11 Å². The van der Waals surface area contributed by atoms with Crippen molar-refractivity contribution in [2.75, 3.05) is 40.3 Å². The van der Waals surface area contributed by atoms with Crippen LogP contribution in [0.2, 0.25) is 0 Å². The number of aliphatic carboxylic acids is 1. The van der Waals surface area contributed by atoms with Crippen molar-refractivity contribution in [2.45, 2.75) is 25.3 Å². The Morgan fingerprint density at radius 3 is 2.71 bits per heavy atom. The highest BCUT2D eigenvalue weighted by atomic mass is 16.4. The summed E-state index contributed by atoms with van der Waals surface area (Å²) >= 11 is 0. The molecule has 0 spiro atoms. The second-order valence-electron chi connectivity index (χ2n) is 6.07. The fourth-order valence-electron chi connectivity index (χ4n) is 3.00. The zero-order chi connectivity index (χ0) is 15.6. The molecular formula is C14H23N3O4. The van der Waals surface area contributed by atoms with Gasteiger partial charge in [-0.25, -0.2) is 4.79 Å². The number of likely N-dealkylation sites (N-methyl/N-ethyl adjacent to an activating group) is 1. The van der Waals surface area contributed by atoms with Gasteiger partial charge in [-0.3, -0.25) is 9.59 Å². The van der Waals surface area contributed by atoms with Crippen LogP contribution in [0.5, 0.6) is 0 Å². The van der Waals surface area contributed by atoms with Gasteiger partial charge in [0.1, 0.15) is 6.04 Å². The summed E-state index contributed by atoms with van der Waals surface area (Å²) in [5, 5.41) is 9.15. The Morgan fingerprint density at radius 2 is 2.10 bits per heavy atom. The first-order valence-electron chi connectivity index (χ1n) is 7.36. The summed E-state index contributed by atoms with van der Waals surface area (Å²) < 4.78 is 0. The summed E-state index contributed by atoms with van der Waals surface area (Å²) in [6.45, 7) is 2.26. The van der Waals surface area contributed by atoms with Gasteiger partial charge in [-0.15, -0.1) is 0 Å². The van der Waals surface area contributed by atoms with E-state index in [0.29, 0.717) is 32.5 Å². The highest BCUT2D eigenvalue weighted by Gasteiger charge is 2.41. The van der Waals surface area contributed by atoms with Gasteiger partial charge in [0.25, 0.3) is 0 Å². The molecule has 2 saturated heterocycles. The van der Waals surface area contributed by atoms with Crippen LogP contribution in [0, 0.1) is 5.92 Å². The molecule has 2 amide bonds. The van der Waals surface area contributed by atoms with Crippen molar-refractivity contribution in [3.63, 3.8) is 0 Å². The lowest BCUT2D eigenvalue weighted by Crippen LogP contribution is -2.44. The predicted octanol–water partition coefficient (Wildman–Crippen LogP) is -0.528. The molecule has 1 N–H and O–H groups in total. The van der Waals surface area contributed by atoms with Gasteiger partial charge in [-0.1, -0.05) is 0 Å². The average molecular weight is 297 g/mol. The van der Waals surface area contributed by atoms with Gasteiger partial charge < -0.3 is 19.8 Å². The maximum atomic E-state index is 12.5. The Balaban J connectivity index is 1.95. The zero-order valence-electron chi connectivity index (χ0n) is 12.6. The van der Waals surface area contributed by atoms with Crippen LogP contribution in [0.25, 0.3) is 0 Å². The number of amides is 2. The third-order valence-corrected chi connectivity index (χ3v) is 4.20. The molecule has 2 heterocycles. The van der Waals surface area contributed by atoms with Gasteiger partial charge in [0.15, 0.2) is 0 Å². The van der Waals surface area contributed by atoms with E-state index in [-0.39, 0.29) is 24.2 Å². The highest BCUT2D eigenvalue weighted by Crippen LogP contribution is 2.25. The van der Waals surface area contributed by atoms with E-state index < -0.39 is 12.0 Å². The first-order valence-corrected chi connectivity index (χ1v) is 7.36. The molecule has 0 aliphatic carbocycles. The van der Waals surface area contributed by atoms with Crippen molar-refractivity contribution >= 4 is 17.8 Å². The number of hydrogen-bond donors (Lipinski definition) is 1. The summed E-state index contributed by atoms with van der Waals surface area (Å²) in [4.78, 5) is 40.7. The van der Waals surface area contributed by atoms with Crippen LogP contribution < -0.4 is 0 Å². The molecular weight excluding hydrogens is 274 g/mol. The molecule has 0 aromatic rings. The average Bonchev–Trinajstić information content (AvgIpc) is 3.02. The molecule has 7 heteroatoms. The Morgan fingerprint density at radius 1 is 1.38 bits per heavy atom. The monoisotopic (exact) mass is 297 g/mol. The molecule has 2 aliphatic rings. The molecule has 118 valence electrons. The van der Waals surface area contributed by atoms with Gasteiger partial charge in [-0.2, -0.15) is 0 Å². The fraction of sp³-hybridized carbons (Fsp3) is 0.786. The molecule has 0 saturated carbocycles. The quantitative estimate of drug-likeness (QED) is 0.738. The van der Waals surface area contributed by atoms with E-state index in [1.165, 1.54) is 4.90 Å². The zero-order valence-corrected chi connectivity index (χ0v) is 12.6. The molecule has 2 aliphatic heterocycles. The van der Waals surface area contributed by atoms with Crippen LogP contribution >= 0.6 is 0 Å². The van der Waals surface area contributed by atoms with E-state index in [0.717, 1.165) is 6.54 Å². The molecule has 2 fully saturated rings. The van der Waals surface area contributed by atoms with Crippen molar-refractivity contribution in [3.8, 4) is 0 Å². The lowest BCUT2D eigenvalue weighted by Gasteiger charge is -2.25. The van der Waals surface area contributed by atoms with Crippen molar-refractivity contribution in [3.05, 3.63) is 0 Å². The van der Waals surface area contributed by atoms with E-state index in [1.807, 2.05) is 19.0 Å². The molecule has 2 rings (SSSR count). The largest absolute Gasteiger partial charge is 0.480 e. The first kappa shape index (κ1) is 15.8. The smallest absolute Gasteiger partial charge is 0.326 e. The summed E-state index contributed by atoms with van der Waals surface area (Å²) in [5.41, 5.74) is 0. The Hall–Kier alpha value is -1.63. The lowest BCUT2D eigenvalue weighted by molar-refractivity contribution is -0.149. The number of carbonyl (C=O) groups is 3. The molecule has 7 nitrogen and oxygen atoms in total. The fourth-order valence-corrected chi connectivity index (χ4v) is 3.00. The van der Waals surface area contributed by atoms with Crippen molar-refractivity contribution in [2.24, 2.45) is 5.92 Å². The number of carbonyl (C=O) groups excluding carboxylic acids is 2. The van der Waals surface area contributed by atoms with Gasteiger partial charge in [0, 0.05) is 32.6 Å². The van der Waals surface area contributed by atoms with Gasteiger partial charge >= 0.3 is 5.97 Å².